The van der Waals surface area contributed by atoms with Crippen molar-refractivity contribution >= 4 is 17.6 Å². The molecule has 2 aromatic rings. The lowest BCUT2D eigenvalue weighted by Gasteiger charge is -2.22. The molecule has 1 aliphatic rings. The van der Waals surface area contributed by atoms with E-state index in [1.807, 2.05) is 37.3 Å². The molecule has 0 spiro atoms. The lowest BCUT2D eigenvalue weighted by molar-refractivity contribution is -0.120. The van der Waals surface area contributed by atoms with Crippen LogP contribution in [-0.4, -0.2) is 17.0 Å². The van der Waals surface area contributed by atoms with E-state index in [2.05, 4.69) is 5.32 Å². The van der Waals surface area contributed by atoms with Gasteiger partial charge in [0.2, 0.25) is 5.91 Å². The van der Waals surface area contributed by atoms with Gasteiger partial charge in [0.15, 0.2) is 0 Å². The quantitative estimate of drug-likeness (QED) is 0.835. The van der Waals surface area contributed by atoms with Crippen LogP contribution >= 0.6 is 0 Å². The van der Waals surface area contributed by atoms with Gasteiger partial charge in [-0.25, -0.2) is 4.79 Å². The van der Waals surface area contributed by atoms with E-state index in [-0.39, 0.29) is 17.4 Å². The molecule has 0 aliphatic heterocycles. The van der Waals surface area contributed by atoms with E-state index in [1.165, 1.54) is 6.42 Å². The number of rotatable bonds is 4. The summed E-state index contributed by atoms with van der Waals surface area (Å²) in [5.41, 5.74) is 3.34. The summed E-state index contributed by atoms with van der Waals surface area (Å²) in [6.07, 6.45) is 5.06. The van der Waals surface area contributed by atoms with Gasteiger partial charge in [0.25, 0.3) is 0 Å². The molecule has 0 saturated heterocycles. The van der Waals surface area contributed by atoms with Crippen LogP contribution in [0.15, 0.2) is 42.5 Å². The summed E-state index contributed by atoms with van der Waals surface area (Å²) in [6, 6.07) is 13.2. The number of hydrogen-bond acceptors (Lipinski definition) is 2. The lowest BCUT2D eigenvalue weighted by Crippen LogP contribution is -2.25. The van der Waals surface area contributed by atoms with E-state index < -0.39 is 5.97 Å². The number of anilines is 1. The van der Waals surface area contributed by atoms with Gasteiger partial charge in [-0.3, -0.25) is 4.79 Å². The number of hydrogen-bond donors (Lipinski definition) is 2. The Hall–Kier alpha value is -2.62. The van der Waals surface area contributed by atoms with Crippen molar-refractivity contribution in [2.24, 2.45) is 5.92 Å². The summed E-state index contributed by atoms with van der Waals surface area (Å²) in [6.45, 7) is 1.89. The average Bonchev–Trinajstić information content (AvgIpc) is 2.64. The van der Waals surface area contributed by atoms with Gasteiger partial charge in [0, 0.05) is 5.92 Å². The molecule has 4 nitrogen and oxygen atoms in total. The molecular formula is C21H23NO3. The van der Waals surface area contributed by atoms with Gasteiger partial charge in [0.1, 0.15) is 0 Å². The van der Waals surface area contributed by atoms with Crippen LogP contribution < -0.4 is 5.32 Å². The molecule has 0 atom stereocenters. The third-order valence-electron chi connectivity index (χ3n) is 4.91. The molecule has 1 aliphatic carbocycles. The number of aryl methyl sites for hydroxylation is 1. The summed E-state index contributed by atoms with van der Waals surface area (Å²) in [4.78, 5) is 24.2. The Labute approximate surface area is 147 Å². The van der Waals surface area contributed by atoms with Gasteiger partial charge in [-0.15, -0.1) is 0 Å². The third kappa shape index (κ3) is 3.90. The molecule has 1 fully saturated rings. The highest BCUT2D eigenvalue weighted by atomic mass is 16.4. The van der Waals surface area contributed by atoms with Crippen LogP contribution in [0.3, 0.4) is 0 Å². The molecule has 1 saturated carbocycles. The summed E-state index contributed by atoms with van der Waals surface area (Å²) in [5.74, 6) is -1.11. The first-order valence-corrected chi connectivity index (χ1v) is 8.80. The number of nitrogens with one attached hydrogen (secondary N) is 1. The van der Waals surface area contributed by atoms with Crippen molar-refractivity contribution in [1.82, 2.24) is 0 Å². The van der Waals surface area contributed by atoms with E-state index in [0.717, 1.165) is 42.4 Å². The first-order valence-electron chi connectivity index (χ1n) is 8.80. The minimum atomic E-state index is -1.03. The van der Waals surface area contributed by atoms with Crippen molar-refractivity contribution in [2.45, 2.75) is 39.0 Å². The molecular weight excluding hydrogens is 314 g/mol. The van der Waals surface area contributed by atoms with E-state index in [0.29, 0.717) is 5.69 Å². The average molecular weight is 337 g/mol. The predicted molar refractivity (Wildman–Crippen MR) is 98.8 cm³/mol. The number of carboxylic acids is 1. The van der Waals surface area contributed by atoms with Gasteiger partial charge < -0.3 is 10.4 Å². The minimum Gasteiger partial charge on any atom is -0.478 e. The summed E-state index contributed by atoms with van der Waals surface area (Å²) >= 11 is 0. The van der Waals surface area contributed by atoms with Gasteiger partial charge in [0.05, 0.1) is 11.3 Å². The molecule has 0 unspecified atom stereocenters. The van der Waals surface area contributed by atoms with E-state index in [1.54, 1.807) is 12.1 Å². The van der Waals surface area contributed by atoms with Crippen LogP contribution in [0.1, 0.15) is 48.0 Å². The molecule has 25 heavy (non-hydrogen) atoms. The second-order valence-corrected chi connectivity index (χ2v) is 6.71. The maximum absolute atomic E-state index is 12.6. The van der Waals surface area contributed by atoms with Crippen LogP contribution in [0.5, 0.6) is 0 Å². The van der Waals surface area contributed by atoms with Gasteiger partial charge in [-0.2, -0.15) is 0 Å². The zero-order valence-electron chi connectivity index (χ0n) is 14.4. The van der Waals surface area contributed by atoms with Gasteiger partial charge in [-0.05, 0) is 48.6 Å². The summed E-state index contributed by atoms with van der Waals surface area (Å²) < 4.78 is 0. The SMILES string of the molecule is Cc1cc(C(=O)O)c(NC(=O)C2CCCCC2)cc1-c1ccccc1. The van der Waals surface area contributed by atoms with E-state index in [9.17, 15) is 14.7 Å². The topological polar surface area (TPSA) is 66.4 Å². The monoisotopic (exact) mass is 337 g/mol. The van der Waals surface area contributed by atoms with Gasteiger partial charge in [-0.1, -0.05) is 49.6 Å². The molecule has 2 N–H and O–H groups in total. The standard InChI is InChI=1S/C21H23NO3/c1-14-12-18(21(24)25)19(13-17(14)15-8-4-2-5-9-15)22-20(23)16-10-6-3-7-11-16/h2,4-5,8-9,12-13,16H,3,6-7,10-11H2,1H3,(H,22,23)(H,24,25). The van der Waals surface area contributed by atoms with Crippen molar-refractivity contribution in [1.29, 1.82) is 0 Å². The Bertz CT molecular complexity index is 777. The molecule has 0 aromatic heterocycles. The first kappa shape index (κ1) is 17.2. The zero-order chi connectivity index (χ0) is 17.8. The van der Waals surface area contributed by atoms with Crippen LogP contribution in [0.2, 0.25) is 0 Å². The molecule has 0 bridgehead atoms. The Morgan fingerprint density at radius 3 is 2.36 bits per heavy atom. The van der Waals surface area contributed by atoms with Crippen molar-refractivity contribution in [3.05, 3.63) is 53.6 Å². The smallest absolute Gasteiger partial charge is 0.337 e. The molecule has 0 radical (unpaired) electrons. The van der Waals surface area contributed by atoms with Crippen molar-refractivity contribution in [3.8, 4) is 11.1 Å². The molecule has 4 heteroatoms. The first-order chi connectivity index (χ1) is 12.1. The lowest BCUT2D eigenvalue weighted by atomic mass is 9.88. The van der Waals surface area contributed by atoms with Crippen molar-refractivity contribution < 1.29 is 14.7 Å². The molecule has 3 rings (SSSR count). The number of carbonyl (C=O) groups excluding carboxylic acids is 1. The number of aromatic carboxylic acids is 1. The fourth-order valence-electron chi connectivity index (χ4n) is 3.52. The van der Waals surface area contributed by atoms with Crippen LogP contribution in [0.25, 0.3) is 11.1 Å². The fourth-order valence-corrected chi connectivity index (χ4v) is 3.52. The van der Waals surface area contributed by atoms with Crippen LogP contribution in [-0.2, 0) is 4.79 Å². The van der Waals surface area contributed by atoms with Crippen molar-refractivity contribution in [2.75, 3.05) is 5.32 Å². The predicted octanol–water partition coefficient (Wildman–Crippen LogP) is 4.88. The zero-order valence-corrected chi connectivity index (χ0v) is 14.4. The number of carboxylic acid groups (broad SMARTS) is 1. The number of benzene rings is 2. The Balaban J connectivity index is 1.95. The fraction of sp³-hybridized carbons (Fsp3) is 0.333. The van der Waals surface area contributed by atoms with Crippen LogP contribution in [0, 0.1) is 12.8 Å². The Morgan fingerprint density at radius 2 is 1.72 bits per heavy atom. The number of carbonyl (C=O) groups is 2. The molecule has 0 heterocycles. The van der Waals surface area contributed by atoms with E-state index in [4.69, 9.17) is 0 Å². The summed E-state index contributed by atoms with van der Waals surface area (Å²) in [7, 11) is 0. The Morgan fingerprint density at radius 1 is 1.04 bits per heavy atom. The molecule has 2 aromatic carbocycles. The van der Waals surface area contributed by atoms with Crippen molar-refractivity contribution in [3.63, 3.8) is 0 Å². The highest BCUT2D eigenvalue weighted by molar-refractivity contribution is 6.02. The molecule has 1 amide bonds. The van der Waals surface area contributed by atoms with Gasteiger partial charge >= 0.3 is 5.97 Å². The highest BCUT2D eigenvalue weighted by Gasteiger charge is 2.23. The number of amides is 1. The largest absolute Gasteiger partial charge is 0.478 e. The maximum atomic E-state index is 12.6. The van der Waals surface area contributed by atoms with Crippen LogP contribution in [0.4, 0.5) is 5.69 Å². The second kappa shape index (κ2) is 7.51. The summed E-state index contributed by atoms with van der Waals surface area (Å²) in [5, 5.41) is 12.4. The maximum Gasteiger partial charge on any atom is 0.337 e. The van der Waals surface area contributed by atoms with E-state index >= 15 is 0 Å². The normalized spacial score (nSPS) is 14.9. The minimum absolute atomic E-state index is 0.0168. The molecule has 130 valence electrons. The third-order valence-corrected chi connectivity index (χ3v) is 4.91. The second-order valence-electron chi connectivity index (χ2n) is 6.71. The Kier molecular flexibility index (Phi) is 5.17. The highest BCUT2D eigenvalue weighted by Crippen LogP contribution is 2.31.